The normalized spacial score (nSPS) is 30.4. The van der Waals surface area contributed by atoms with Gasteiger partial charge in [-0.25, -0.2) is 4.79 Å². The van der Waals surface area contributed by atoms with Gasteiger partial charge in [-0.1, -0.05) is 31.4 Å². The molecular formula is C16H25NO3. The molecule has 1 amide bonds. The van der Waals surface area contributed by atoms with Crippen molar-refractivity contribution in [1.82, 2.24) is 5.32 Å². The van der Waals surface area contributed by atoms with E-state index in [1.807, 2.05) is 0 Å². The van der Waals surface area contributed by atoms with Crippen LogP contribution < -0.4 is 5.32 Å². The molecule has 2 atom stereocenters. The van der Waals surface area contributed by atoms with E-state index in [0.717, 1.165) is 37.7 Å². The monoisotopic (exact) mass is 279 g/mol. The molecule has 1 fully saturated rings. The molecule has 0 radical (unpaired) electrons. The number of carboxylic acids is 1. The molecule has 112 valence electrons. The Bertz CT molecular complexity index is 416. The summed E-state index contributed by atoms with van der Waals surface area (Å²) >= 11 is 0. The first-order valence-electron chi connectivity index (χ1n) is 7.74. The van der Waals surface area contributed by atoms with Gasteiger partial charge in [-0.3, -0.25) is 4.79 Å². The zero-order chi connectivity index (χ0) is 14.6. The van der Waals surface area contributed by atoms with Gasteiger partial charge in [-0.05, 0) is 44.4 Å². The SMILES string of the molecule is CC1CCCC(NC(=O)CC2=CCCCC2)(C(=O)O)C1. The summed E-state index contributed by atoms with van der Waals surface area (Å²) in [5.74, 6) is -0.654. The van der Waals surface area contributed by atoms with E-state index in [-0.39, 0.29) is 5.91 Å². The molecule has 0 bridgehead atoms. The molecular weight excluding hydrogens is 254 g/mol. The molecule has 2 N–H and O–H groups in total. The van der Waals surface area contributed by atoms with Crippen LogP contribution in [0.2, 0.25) is 0 Å². The molecule has 0 aliphatic heterocycles. The summed E-state index contributed by atoms with van der Waals surface area (Å²) in [6.45, 7) is 2.06. The minimum atomic E-state index is -1.04. The Morgan fingerprint density at radius 2 is 2.20 bits per heavy atom. The minimum absolute atomic E-state index is 0.130. The first kappa shape index (κ1) is 15.1. The third-order valence-electron chi connectivity index (χ3n) is 4.56. The highest BCUT2D eigenvalue weighted by atomic mass is 16.4. The molecule has 2 aliphatic carbocycles. The van der Waals surface area contributed by atoms with Gasteiger partial charge in [0.05, 0.1) is 0 Å². The van der Waals surface area contributed by atoms with Gasteiger partial charge in [-0.2, -0.15) is 0 Å². The number of carbonyl (C=O) groups is 2. The molecule has 20 heavy (non-hydrogen) atoms. The average molecular weight is 279 g/mol. The van der Waals surface area contributed by atoms with Crippen LogP contribution in [0, 0.1) is 5.92 Å². The fraction of sp³-hybridized carbons (Fsp3) is 0.750. The predicted molar refractivity (Wildman–Crippen MR) is 77.3 cm³/mol. The summed E-state index contributed by atoms with van der Waals surface area (Å²) in [5.41, 5.74) is 0.127. The van der Waals surface area contributed by atoms with Gasteiger partial charge in [0.15, 0.2) is 0 Å². The molecule has 2 aliphatic rings. The van der Waals surface area contributed by atoms with Gasteiger partial charge in [0.2, 0.25) is 5.91 Å². The van der Waals surface area contributed by atoms with Crippen molar-refractivity contribution in [2.75, 3.05) is 0 Å². The number of aliphatic carboxylic acids is 1. The maximum atomic E-state index is 12.2. The number of nitrogens with one attached hydrogen (secondary N) is 1. The number of carboxylic acid groups (broad SMARTS) is 1. The number of allylic oxidation sites excluding steroid dienone is 1. The molecule has 0 aromatic rings. The van der Waals surface area contributed by atoms with Crippen molar-refractivity contribution in [3.05, 3.63) is 11.6 Å². The van der Waals surface area contributed by atoms with Gasteiger partial charge in [0.1, 0.15) is 5.54 Å². The number of hydrogen-bond donors (Lipinski definition) is 2. The lowest BCUT2D eigenvalue weighted by atomic mass is 9.76. The van der Waals surface area contributed by atoms with Gasteiger partial charge >= 0.3 is 5.97 Å². The van der Waals surface area contributed by atoms with Crippen molar-refractivity contribution in [2.24, 2.45) is 5.92 Å². The second-order valence-electron chi connectivity index (χ2n) is 6.42. The second-order valence-corrected chi connectivity index (χ2v) is 6.42. The summed E-state index contributed by atoms with van der Waals surface area (Å²) < 4.78 is 0. The van der Waals surface area contributed by atoms with E-state index in [2.05, 4.69) is 18.3 Å². The smallest absolute Gasteiger partial charge is 0.329 e. The highest BCUT2D eigenvalue weighted by Crippen LogP contribution is 2.33. The third-order valence-corrected chi connectivity index (χ3v) is 4.56. The molecule has 4 nitrogen and oxygen atoms in total. The standard InChI is InChI=1S/C16H25NO3/c1-12-6-5-9-16(11-12,15(19)20)17-14(18)10-13-7-3-2-4-8-13/h7,12H,2-6,8-11H2,1H3,(H,17,18)(H,19,20). The van der Waals surface area contributed by atoms with Crippen LogP contribution in [-0.2, 0) is 9.59 Å². The van der Waals surface area contributed by atoms with Crippen molar-refractivity contribution in [1.29, 1.82) is 0 Å². The van der Waals surface area contributed by atoms with Crippen molar-refractivity contribution in [3.8, 4) is 0 Å². The first-order valence-corrected chi connectivity index (χ1v) is 7.74. The van der Waals surface area contributed by atoms with Crippen LogP contribution in [0.3, 0.4) is 0 Å². The lowest BCUT2D eigenvalue weighted by Crippen LogP contribution is -2.56. The summed E-state index contributed by atoms with van der Waals surface area (Å²) in [6.07, 6.45) is 9.88. The Morgan fingerprint density at radius 3 is 2.80 bits per heavy atom. The minimum Gasteiger partial charge on any atom is -0.480 e. The zero-order valence-corrected chi connectivity index (χ0v) is 12.3. The summed E-state index contributed by atoms with van der Waals surface area (Å²) in [5, 5.41) is 12.4. The summed E-state index contributed by atoms with van der Waals surface area (Å²) in [4.78, 5) is 23.8. The Balaban J connectivity index is 1.99. The van der Waals surface area contributed by atoms with Crippen LogP contribution in [-0.4, -0.2) is 22.5 Å². The van der Waals surface area contributed by atoms with Gasteiger partial charge in [-0.15, -0.1) is 0 Å². The Labute approximate surface area is 120 Å². The van der Waals surface area contributed by atoms with Crippen LogP contribution in [0.1, 0.15) is 64.7 Å². The van der Waals surface area contributed by atoms with Crippen LogP contribution in [0.15, 0.2) is 11.6 Å². The van der Waals surface area contributed by atoms with Crippen LogP contribution in [0.5, 0.6) is 0 Å². The lowest BCUT2D eigenvalue weighted by Gasteiger charge is -2.37. The van der Waals surface area contributed by atoms with Gasteiger partial charge in [0, 0.05) is 6.42 Å². The van der Waals surface area contributed by atoms with Crippen molar-refractivity contribution < 1.29 is 14.7 Å². The van der Waals surface area contributed by atoms with Crippen molar-refractivity contribution in [2.45, 2.75) is 70.3 Å². The molecule has 2 unspecified atom stereocenters. The van der Waals surface area contributed by atoms with Crippen LogP contribution in [0.4, 0.5) is 0 Å². The second kappa shape index (κ2) is 6.42. The largest absolute Gasteiger partial charge is 0.480 e. The lowest BCUT2D eigenvalue weighted by molar-refractivity contribution is -0.150. The zero-order valence-electron chi connectivity index (χ0n) is 12.3. The van der Waals surface area contributed by atoms with E-state index in [1.54, 1.807) is 0 Å². The number of carbonyl (C=O) groups excluding carboxylic acids is 1. The molecule has 1 saturated carbocycles. The Hall–Kier alpha value is -1.32. The highest BCUT2D eigenvalue weighted by Gasteiger charge is 2.43. The predicted octanol–water partition coefficient (Wildman–Crippen LogP) is 3.03. The molecule has 0 saturated heterocycles. The van der Waals surface area contributed by atoms with E-state index in [1.165, 1.54) is 6.42 Å². The first-order chi connectivity index (χ1) is 9.52. The summed E-state index contributed by atoms with van der Waals surface area (Å²) in [6, 6.07) is 0. The maximum absolute atomic E-state index is 12.2. The van der Waals surface area contributed by atoms with Gasteiger partial charge < -0.3 is 10.4 Å². The number of hydrogen-bond acceptors (Lipinski definition) is 2. The van der Waals surface area contributed by atoms with Crippen LogP contribution >= 0.6 is 0 Å². The molecule has 4 heteroatoms. The molecule has 2 rings (SSSR count). The van der Waals surface area contributed by atoms with E-state index < -0.39 is 11.5 Å². The molecule has 0 heterocycles. The third kappa shape index (κ3) is 3.62. The van der Waals surface area contributed by atoms with E-state index in [9.17, 15) is 14.7 Å². The van der Waals surface area contributed by atoms with E-state index in [0.29, 0.717) is 25.2 Å². The number of rotatable bonds is 4. The molecule has 0 spiro atoms. The van der Waals surface area contributed by atoms with E-state index in [4.69, 9.17) is 0 Å². The molecule has 0 aromatic carbocycles. The fourth-order valence-corrected chi connectivity index (χ4v) is 3.50. The maximum Gasteiger partial charge on any atom is 0.329 e. The topological polar surface area (TPSA) is 66.4 Å². The molecule has 0 aromatic heterocycles. The summed E-state index contributed by atoms with van der Waals surface area (Å²) in [7, 11) is 0. The van der Waals surface area contributed by atoms with Crippen LogP contribution in [0.25, 0.3) is 0 Å². The van der Waals surface area contributed by atoms with Gasteiger partial charge in [0.25, 0.3) is 0 Å². The average Bonchev–Trinajstić information content (AvgIpc) is 2.39. The number of amides is 1. The Morgan fingerprint density at radius 1 is 1.40 bits per heavy atom. The van der Waals surface area contributed by atoms with E-state index >= 15 is 0 Å². The fourth-order valence-electron chi connectivity index (χ4n) is 3.50. The van der Waals surface area contributed by atoms with Crippen molar-refractivity contribution in [3.63, 3.8) is 0 Å². The Kier molecular flexibility index (Phi) is 4.84. The van der Waals surface area contributed by atoms with Crippen molar-refractivity contribution >= 4 is 11.9 Å². The quantitative estimate of drug-likeness (QED) is 0.777. The highest BCUT2D eigenvalue weighted by molar-refractivity contribution is 5.88.